The largest absolute Gasteiger partial charge is 0.488 e. The first-order chi connectivity index (χ1) is 11.3. The minimum atomic E-state index is -0.293. The first kappa shape index (κ1) is 18.3. The van der Waals surface area contributed by atoms with E-state index < -0.39 is 0 Å². The third-order valence-electron chi connectivity index (χ3n) is 3.80. The van der Waals surface area contributed by atoms with Gasteiger partial charge in [-0.3, -0.25) is 0 Å². The highest BCUT2D eigenvalue weighted by molar-refractivity contribution is 5.74. The van der Waals surface area contributed by atoms with Gasteiger partial charge in [-0.1, -0.05) is 24.3 Å². The number of urea groups is 1. The summed E-state index contributed by atoms with van der Waals surface area (Å²) in [5.41, 5.74) is 1.77. The van der Waals surface area contributed by atoms with Crippen molar-refractivity contribution >= 4 is 6.03 Å². The molecule has 0 fully saturated rings. The fourth-order valence-corrected chi connectivity index (χ4v) is 2.64. The highest BCUT2D eigenvalue weighted by atomic mass is 16.5. The Kier molecular flexibility index (Phi) is 5.89. The molecule has 2 amide bonds. The van der Waals surface area contributed by atoms with Crippen LogP contribution in [0.25, 0.3) is 0 Å². The van der Waals surface area contributed by atoms with Crippen molar-refractivity contribution in [2.24, 2.45) is 5.92 Å². The van der Waals surface area contributed by atoms with Crippen LogP contribution in [0.4, 0.5) is 4.79 Å². The van der Waals surface area contributed by atoms with E-state index in [0.717, 1.165) is 23.3 Å². The zero-order chi connectivity index (χ0) is 17.7. The highest BCUT2D eigenvalue weighted by Crippen LogP contribution is 2.24. The maximum absolute atomic E-state index is 12.1. The molecule has 0 saturated heterocycles. The summed E-state index contributed by atoms with van der Waals surface area (Å²) in [4.78, 5) is 12.1. The van der Waals surface area contributed by atoms with Gasteiger partial charge in [0.2, 0.25) is 0 Å². The second-order valence-corrected chi connectivity index (χ2v) is 7.32. The summed E-state index contributed by atoms with van der Waals surface area (Å²) < 4.78 is 6.00. The van der Waals surface area contributed by atoms with Crippen molar-refractivity contribution in [3.63, 3.8) is 0 Å². The molecule has 2 rings (SSSR count). The molecule has 0 unspecified atom stereocenters. The van der Waals surface area contributed by atoms with E-state index in [1.165, 1.54) is 0 Å². The topological polar surface area (TPSA) is 70.6 Å². The number of benzene rings is 1. The molecule has 0 radical (unpaired) electrons. The van der Waals surface area contributed by atoms with Crippen LogP contribution in [-0.2, 0) is 6.54 Å². The second-order valence-electron chi connectivity index (χ2n) is 7.32. The molecule has 1 aromatic rings. The summed E-state index contributed by atoms with van der Waals surface area (Å²) in [5.74, 6) is 0.933. The monoisotopic (exact) mass is 332 g/mol. The van der Waals surface area contributed by atoms with E-state index in [0.29, 0.717) is 6.54 Å². The van der Waals surface area contributed by atoms with Crippen LogP contribution in [-0.4, -0.2) is 29.4 Å². The van der Waals surface area contributed by atoms with E-state index >= 15 is 0 Å². The fourth-order valence-electron chi connectivity index (χ4n) is 2.64. The smallest absolute Gasteiger partial charge is 0.315 e. The van der Waals surface area contributed by atoms with Gasteiger partial charge in [-0.15, -0.1) is 0 Å². The molecule has 1 aliphatic rings. The van der Waals surface area contributed by atoms with Crippen LogP contribution in [0.1, 0.15) is 38.3 Å². The first-order valence-corrected chi connectivity index (χ1v) is 8.39. The molecule has 1 aromatic carbocycles. The van der Waals surface area contributed by atoms with Crippen LogP contribution in [0, 0.1) is 12.8 Å². The van der Waals surface area contributed by atoms with Crippen molar-refractivity contribution < 1.29 is 14.6 Å². The number of carbonyl (C=O) groups excluding carboxylic acids is 1. The Morgan fingerprint density at radius 1 is 1.33 bits per heavy atom. The standard InChI is InChI=1S/C19H28N2O3/c1-13-5-7-15(17(9-13)24-19(2,3)4)11-20-18(23)21-16-8-6-14(10-16)12-22/h5-9,14,16,22H,10-12H2,1-4H3,(H2,20,21,23)/t14-,16+/m0/s1. The minimum Gasteiger partial charge on any atom is -0.488 e. The van der Waals surface area contributed by atoms with Gasteiger partial charge in [-0.05, 0) is 45.7 Å². The Bertz CT molecular complexity index is 605. The van der Waals surface area contributed by atoms with Crippen LogP contribution in [0.5, 0.6) is 5.75 Å². The van der Waals surface area contributed by atoms with Gasteiger partial charge in [0.15, 0.2) is 0 Å². The van der Waals surface area contributed by atoms with Crippen LogP contribution in [0.3, 0.4) is 0 Å². The number of rotatable bonds is 5. The lowest BCUT2D eigenvalue weighted by atomic mass is 10.1. The minimum absolute atomic E-state index is 0.0227. The second kappa shape index (κ2) is 7.71. The Labute approximate surface area is 144 Å². The predicted molar refractivity (Wildman–Crippen MR) is 95.1 cm³/mol. The number of aliphatic hydroxyl groups excluding tert-OH is 1. The van der Waals surface area contributed by atoms with Crippen molar-refractivity contribution in [3.8, 4) is 5.75 Å². The number of aliphatic hydroxyl groups is 1. The lowest BCUT2D eigenvalue weighted by Gasteiger charge is -2.24. The predicted octanol–water partition coefficient (Wildman–Crippen LogP) is 2.91. The van der Waals surface area contributed by atoms with Crippen molar-refractivity contribution in [1.29, 1.82) is 0 Å². The first-order valence-electron chi connectivity index (χ1n) is 8.39. The molecule has 1 aliphatic carbocycles. The average Bonchev–Trinajstić information content (AvgIpc) is 2.92. The molecule has 5 nitrogen and oxygen atoms in total. The van der Waals surface area contributed by atoms with Crippen LogP contribution < -0.4 is 15.4 Å². The maximum atomic E-state index is 12.1. The van der Waals surface area contributed by atoms with Gasteiger partial charge < -0.3 is 20.5 Å². The van der Waals surface area contributed by atoms with Crippen LogP contribution in [0.15, 0.2) is 30.4 Å². The molecule has 132 valence electrons. The molecular formula is C19H28N2O3. The van der Waals surface area contributed by atoms with Gasteiger partial charge in [0.25, 0.3) is 0 Å². The summed E-state index contributed by atoms with van der Waals surface area (Å²) in [6.07, 6.45) is 4.62. The van der Waals surface area contributed by atoms with Crippen molar-refractivity contribution in [3.05, 3.63) is 41.5 Å². The SMILES string of the molecule is Cc1ccc(CNC(=O)N[C@@H]2C=C[C@H](CO)C2)c(OC(C)(C)C)c1. The highest BCUT2D eigenvalue weighted by Gasteiger charge is 2.20. The van der Waals surface area contributed by atoms with Gasteiger partial charge in [0.05, 0.1) is 0 Å². The zero-order valence-corrected chi connectivity index (χ0v) is 14.9. The van der Waals surface area contributed by atoms with Crippen molar-refractivity contribution in [1.82, 2.24) is 10.6 Å². The van der Waals surface area contributed by atoms with E-state index in [9.17, 15) is 4.79 Å². The lowest BCUT2D eigenvalue weighted by molar-refractivity contribution is 0.129. The molecule has 0 bridgehead atoms. The van der Waals surface area contributed by atoms with Crippen LogP contribution >= 0.6 is 0 Å². The lowest BCUT2D eigenvalue weighted by Crippen LogP contribution is -2.40. The molecular weight excluding hydrogens is 304 g/mol. The van der Waals surface area contributed by atoms with Gasteiger partial charge in [-0.2, -0.15) is 0 Å². The molecule has 0 aliphatic heterocycles. The van der Waals surface area contributed by atoms with E-state index in [1.807, 2.05) is 58.0 Å². The van der Waals surface area contributed by atoms with E-state index in [2.05, 4.69) is 10.6 Å². The average molecular weight is 332 g/mol. The summed E-state index contributed by atoms with van der Waals surface area (Å²) in [6, 6.07) is 5.74. The summed E-state index contributed by atoms with van der Waals surface area (Å²) in [7, 11) is 0. The van der Waals surface area contributed by atoms with Gasteiger partial charge in [0.1, 0.15) is 11.4 Å². The molecule has 0 heterocycles. The van der Waals surface area contributed by atoms with Crippen molar-refractivity contribution in [2.75, 3.05) is 6.61 Å². The summed E-state index contributed by atoms with van der Waals surface area (Å²) in [6.45, 7) is 8.55. The number of hydrogen-bond acceptors (Lipinski definition) is 3. The molecule has 0 aromatic heterocycles. The Morgan fingerprint density at radius 2 is 2.08 bits per heavy atom. The Hall–Kier alpha value is -2.01. The molecule has 2 atom stereocenters. The Balaban J connectivity index is 1.92. The number of ether oxygens (including phenoxy) is 1. The third-order valence-corrected chi connectivity index (χ3v) is 3.80. The van der Waals surface area contributed by atoms with Crippen LogP contribution in [0.2, 0.25) is 0 Å². The van der Waals surface area contributed by atoms with E-state index in [1.54, 1.807) is 0 Å². The number of aryl methyl sites for hydroxylation is 1. The van der Waals surface area contributed by atoms with Gasteiger partial charge >= 0.3 is 6.03 Å². The van der Waals surface area contributed by atoms with Gasteiger partial charge in [0, 0.05) is 30.7 Å². The zero-order valence-electron chi connectivity index (χ0n) is 14.9. The van der Waals surface area contributed by atoms with Gasteiger partial charge in [-0.25, -0.2) is 4.79 Å². The summed E-state index contributed by atoms with van der Waals surface area (Å²) >= 11 is 0. The van der Waals surface area contributed by atoms with Crippen molar-refractivity contribution in [2.45, 2.75) is 52.3 Å². The number of amides is 2. The molecule has 24 heavy (non-hydrogen) atoms. The number of nitrogens with one attached hydrogen (secondary N) is 2. The molecule has 3 N–H and O–H groups in total. The maximum Gasteiger partial charge on any atom is 0.315 e. The number of hydrogen-bond donors (Lipinski definition) is 3. The molecule has 5 heteroatoms. The van der Waals surface area contributed by atoms with E-state index in [4.69, 9.17) is 9.84 Å². The third kappa shape index (κ3) is 5.57. The Morgan fingerprint density at radius 3 is 2.71 bits per heavy atom. The molecule has 0 saturated carbocycles. The summed E-state index contributed by atoms with van der Waals surface area (Å²) in [5, 5.41) is 14.9. The normalized spacial score (nSPS) is 20.0. The molecule has 0 spiro atoms. The fraction of sp³-hybridized carbons (Fsp3) is 0.526. The quantitative estimate of drug-likeness (QED) is 0.726. The number of carbonyl (C=O) groups is 1. The van der Waals surface area contributed by atoms with E-state index in [-0.39, 0.29) is 30.2 Å².